The first-order valence-electron chi connectivity index (χ1n) is 7.08. The van der Waals surface area contributed by atoms with Gasteiger partial charge >= 0.3 is 12.0 Å². The third kappa shape index (κ3) is 4.15. The lowest BCUT2D eigenvalue weighted by Gasteiger charge is -2.33. The van der Waals surface area contributed by atoms with E-state index >= 15 is 0 Å². The number of nitrogens with one attached hydrogen (secondary N) is 1. The van der Waals surface area contributed by atoms with Crippen LogP contribution < -0.4 is 5.32 Å². The highest BCUT2D eigenvalue weighted by atomic mass is 32.2. The van der Waals surface area contributed by atoms with Crippen molar-refractivity contribution in [2.75, 3.05) is 37.1 Å². The van der Waals surface area contributed by atoms with Crippen LogP contribution in [-0.2, 0) is 4.74 Å². The van der Waals surface area contributed by atoms with Crippen LogP contribution in [0.3, 0.4) is 0 Å². The molecule has 1 aliphatic heterocycles. The van der Waals surface area contributed by atoms with Crippen LogP contribution in [0.5, 0.6) is 0 Å². The average molecular weight is 344 g/mol. The van der Waals surface area contributed by atoms with Crippen molar-refractivity contribution in [1.82, 2.24) is 4.90 Å². The Morgan fingerprint density at radius 2 is 2.14 bits per heavy atom. The SMILES string of the molecule is COC(=O)c1cscc1NC(=O)N(CCO)C1CCSCC1. The fourth-order valence-corrected chi connectivity index (χ4v) is 4.23. The van der Waals surface area contributed by atoms with Crippen LogP contribution in [0.25, 0.3) is 0 Å². The zero-order chi connectivity index (χ0) is 15.9. The van der Waals surface area contributed by atoms with Crippen LogP contribution in [0.4, 0.5) is 10.5 Å². The average Bonchev–Trinajstić information content (AvgIpc) is 3.00. The lowest BCUT2D eigenvalue weighted by Crippen LogP contribution is -2.46. The second-order valence-electron chi connectivity index (χ2n) is 4.88. The number of carbonyl (C=O) groups is 2. The van der Waals surface area contributed by atoms with Gasteiger partial charge in [0, 0.05) is 23.3 Å². The highest BCUT2D eigenvalue weighted by Crippen LogP contribution is 2.25. The minimum Gasteiger partial charge on any atom is -0.465 e. The summed E-state index contributed by atoms with van der Waals surface area (Å²) in [4.78, 5) is 25.8. The van der Waals surface area contributed by atoms with Crippen molar-refractivity contribution < 1.29 is 19.4 Å². The highest BCUT2D eigenvalue weighted by Gasteiger charge is 2.26. The van der Waals surface area contributed by atoms with Crippen LogP contribution in [0.15, 0.2) is 10.8 Å². The van der Waals surface area contributed by atoms with Crippen molar-refractivity contribution in [2.45, 2.75) is 18.9 Å². The lowest BCUT2D eigenvalue weighted by molar-refractivity contribution is 0.0602. The molecule has 2 rings (SSSR count). The molecule has 122 valence electrons. The molecule has 0 unspecified atom stereocenters. The molecule has 8 heteroatoms. The summed E-state index contributed by atoms with van der Waals surface area (Å²) in [6, 6.07) is -0.150. The first-order valence-corrected chi connectivity index (χ1v) is 9.17. The molecule has 0 aliphatic carbocycles. The van der Waals surface area contributed by atoms with Crippen LogP contribution in [0.2, 0.25) is 0 Å². The zero-order valence-corrected chi connectivity index (χ0v) is 14.0. The number of anilines is 1. The van der Waals surface area contributed by atoms with Gasteiger partial charge < -0.3 is 20.1 Å². The van der Waals surface area contributed by atoms with Gasteiger partial charge in [0.15, 0.2) is 0 Å². The highest BCUT2D eigenvalue weighted by molar-refractivity contribution is 7.99. The van der Waals surface area contributed by atoms with E-state index in [2.05, 4.69) is 5.32 Å². The van der Waals surface area contributed by atoms with Crippen molar-refractivity contribution in [1.29, 1.82) is 0 Å². The number of thioether (sulfide) groups is 1. The van der Waals surface area contributed by atoms with Gasteiger partial charge in [0.1, 0.15) is 0 Å². The number of ether oxygens (including phenoxy) is 1. The maximum Gasteiger partial charge on any atom is 0.340 e. The molecule has 0 atom stereocenters. The number of carbonyl (C=O) groups excluding carboxylic acids is 2. The van der Waals surface area contributed by atoms with E-state index in [1.807, 2.05) is 11.8 Å². The number of thiophene rings is 1. The summed E-state index contributed by atoms with van der Waals surface area (Å²) in [7, 11) is 1.31. The molecule has 2 N–H and O–H groups in total. The van der Waals surface area contributed by atoms with Gasteiger partial charge in [-0.05, 0) is 24.3 Å². The number of urea groups is 1. The third-order valence-corrected chi connectivity index (χ3v) is 5.33. The van der Waals surface area contributed by atoms with E-state index in [-0.39, 0.29) is 18.7 Å². The summed E-state index contributed by atoms with van der Waals surface area (Å²) in [5.74, 6) is 1.57. The van der Waals surface area contributed by atoms with E-state index in [1.54, 1.807) is 15.7 Å². The van der Waals surface area contributed by atoms with E-state index < -0.39 is 5.97 Å². The fraction of sp³-hybridized carbons (Fsp3) is 0.571. The second-order valence-corrected chi connectivity index (χ2v) is 6.85. The zero-order valence-electron chi connectivity index (χ0n) is 12.4. The van der Waals surface area contributed by atoms with Gasteiger partial charge in [-0.2, -0.15) is 11.8 Å². The monoisotopic (exact) mass is 344 g/mol. The number of nitrogens with zero attached hydrogens (tertiary/aromatic N) is 1. The third-order valence-electron chi connectivity index (χ3n) is 3.54. The number of aliphatic hydroxyl groups excluding tert-OH is 1. The Balaban J connectivity index is 2.07. The molecule has 22 heavy (non-hydrogen) atoms. The molecule has 1 fully saturated rings. The smallest absolute Gasteiger partial charge is 0.340 e. The molecule has 0 aromatic carbocycles. The summed E-state index contributed by atoms with van der Waals surface area (Å²) in [5, 5.41) is 15.3. The molecule has 6 nitrogen and oxygen atoms in total. The minimum atomic E-state index is -0.473. The summed E-state index contributed by atoms with van der Waals surface area (Å²) >= 11 is 3.21. The number of rotatable bonds is 5. The summed E-state index contributed by atoms with van der Waals surface area (Å²) in [6.45, 7) is 0.212. The Labute approximate surface area is 137 Å². The fourth-order valence-electron chi connectivity index (χ4n) is 2.40. The number of hydrogen-bond donors (Lipinski definition) is 2. The van der Waals surface area contributed by atoms with E-state index in [0.29, 0.717) is 17.8 Å². The minimum absolute atomic E-state index is 0.0788. The maximum absolute atomic E-state index is 12.5. The van der Waals surface area contributed by atoms with Crippen molar-refractivity contribution in [2.24, 2.45) is 0 Å². The van der Waals surface area contributed by atoms with Gasteiger partial charge in [-0.1, -0.05) is 0 Å². The quantitative estimate of drug-likeness (QED) is 0.801. The molecule has 0 spiro atoms. The Hall–Kier alpha value is -1.25. The van der Waals surface area contributed by atoms with Gasteiger partial charge in [-0.3, -0.25) is 0 Å². The molecule has 2 heterocycles. The van der Waals surface area contributed by atoms with Crippen LogP contribution >= 0.6 is 23.1 Å². The molecule has 0 saturated carbocycles. The summed E-state index contributed by atoms with van der Waals surface area (Å²) in [5.41, 5.74) is 0.805. The molecule has 1 aromatic heterocycles. The molecular formula is C14H20N2O4S2. The molecule has 1 aromatic rings. The number of esters is 1. The molecule has 0 radical (unpaired) electrons. The molecule has 1 saturated heterocycles. The Morgan fingerprint density at radius 1 is 1.41 bits per heavy atom. The van der Waals surface area contributed by atoms with Crippen molar-refractivity contribution in [3.8, 4) is 0 Å². The normalized spacial score (nSPS) is 15.4. The van der Waals surface area contributed by atoms with Gasteiger partial charge in [-0.15, -0.1) is 11.3 Å². The Kier molecular flexibility index (Phi) is 6.53. The van der Waals surface area contributed by atoms with Crippen molar-refractivity contribution in [3.05, 3.63) is 16.3 Å². The van der Waals surface area contributed by atoms with Crippen LogP contribution in [-0.4, -0.2) is 59.8 Å². The van der Waals surface area contributed by atoms with Crippen molar-refractivity contribution >= 4 is 40.8 Å². The van der Waals surface area contributed by atoms with Crippen molar-refractivity contribution in [3.63, 3.8) is 0 Å². The molecule has 0 bridgehead atoms. The first kappa shape index (κ1) is 17.1. The molecule has 2 amide bonds. The van der Waals surface area contributed by atoms with Gasteiger partial charge in [0.05, 0.1) is 25.0 Å². The topological polar surface area (TPSA) is 78.9 Å². The van der Waals surface area contributed by atoms with Crippen LogP contribution in [0.1, 0.15) is 23.2 Å². The van der Waals surface area contributed by atoms with Gasteiger partial charge in [-0.25, -0.2) is 9.59 Å². The predicted octanol–water partition coefficient (Wildman–Crippen LogP) is 2.26. The van der Waals surface area contributed by atoms with E-state index in [9.17, 15) is 14.7 Å². The Bertz CT molecular complexity index is 515. The number of hydrogen-bond acceptors (Lipinski definition) is 6. The largest absolute Gasteiger partial charge is 0.465 e. The van der Waals surface area contributed by atoms with Crippen LogP contribution in [0, 0.1) is 0 Å². The molecular weight excluding hydrogens is 324 g/mol. The standard InChI is InChI=1S/C14H20N2O4S2/c1-20-13(18)11-8-22-9-12(11)15-14(19)16(4-5-17)10-2-6-21-7-3-10/h8-10,17H,2-7H2,1H3,(H,15,19). The van der Waals surface area contributed by atoms with E-state index in [1.165, 1.54) is 18.4 Å². The number of methoxy groups -OCH3 is 1. The van der Waals surface area contributed by atoms with E-state index in [0.717, 1.165) is 24.3 Å². The summed E-state index contributed by atoms with van der Waals surface area (Å²) in [6.07, 6.45) is 1.84. The van der Waals surface area contributed by atoms with E-state index in [4.69, 9.17) is 4.74 Å². The number of amides is 2. The van der Waals surface area contributed by atoms with Gasteiger partial charge in [0.2, 0.25) is 0 Å². The second kappa shape index (κ2) is 8.40. The molecule has 1 aliphatic rings. The summed E-state index contributed by atoms with van der Waals surface area (Å²) < 4.78 is 4.70. The maximum atomic E-state index is 12.5. The Morgan fingerprint density at radius 3 is 2.77 bits per heavy atom. The number of aliphatic hydroxyl groups is 1. The lowest BCUT2D eigenvalue weighted by atomic mass is 10.1. The first-order chi connectivity index (χ1) is 10.7. The predicted molar refractivity (Wildman–Crippen MR) is 88.8 cm³/mol. The van der Waals surface area contributed by atoms with Gasteiger partial charge in [0.25, 0.3) is 0 Å².